The molecule has 0 fully saturated rings. The van der Waals surface area contributed by atoms with Gasteiger partial charge in [-0.3, -0.25) is 9.78 Å². The molecular formula is C25H26N4OS. The van der Waals surface area contributed by atoms with Gasteiger partial charge in [0.25, 0.3) is 5.91 Å². The number of imidazole rings is 1. The molecule has 4 rings (SSSR count). The molecule has 5 nitrogen and oxygen atoms in total. The number of nitrogens with one attached hydrogen (secondary N) is 1. The van der Waals surface area contributed by atoms with Crippen molar-refractivity contribution in [3.05, 3.63) is 89.2 Å². The molecule has 2 aromatic heterocycles. The summed E-state index contributed by atoms with van der Waals surface area (Å²) in [6, 6.07) is 18.2. The third-order valence-corrected chi connectivity index (χ3v) is 6.25. The third kappa shape index (κ3) is 4.97. The number of amides is 1. The van der Waals surface area contributed by atoms with Crippen LogP contribution in [0.3, 0.4) is 0 Å². The Kier molecular flexibility index (Phi) is 6.67. The average molecular weight is 431 g/mol. The minimum Gasteiger partial charge on any atom is -0.352 e. The molecule has 0 aliphatic rings. The van der Waals surface area contributed by atoms with Crippen molar-refractivity contribution in [3.8, 4) is 0 Å². The van der Waals surface area contributed by atoms with E-state index in [2.05, 4.69) is 46.1 Å². The van der Waals surface area contributed by atoms with Gasteiger partial charge in [0.1, 0.15) is 0 Å². The molecule has 0 unspecified atom stereocenters. The van der Waals surface area contributed by atoms with Crippen molar-refractivity contribution in [3.63, 3.8) is 0 Å². The second-order valence-electron chi connectivity index (χ2n) is 7.51. The monoisotopic (exact) mass is 430 g/mol. The molecule has 2 heterocycles. The summed E-state index contributed by atoms with van der Waals surface area (Å²) in [5.41, 5.74) is 6.36. The lowest BCUT2D eigenvalue weighted by Gasteiger charge is -2.11. The van der Waals surface area contributed by atoms with E-state index in [1.807, 2.05) is 43.5 Å². The van der Waals surface area contributed by atoms with E-state index in [4.69, 9.17) is 4.98 Å². The van der Waals surface area contributed by atoms with Crippen molar-refractivity contribution in [1.29, 1.82) is 0 Å². The number of pyridine rings is 1. The Morgan fingerprint density at radius 2 is 1.90 bits per heavy atom. The van der Waals surface area contributed by atoms with Gasteiger partial charge in [0.2, 0.25) is 0 Å². The first-order valence-corrected chi connectivity index (χ1v) is 11.5. The summed E-state index contributed by atoms with van der Waals surface area (Å²) in [7, 11) is 0. The molecule has 0 bridgehead atoms. The van der Waals surface area contributed by atoms with Gasteiger partial charge < -0.3 is 9.88 Å². The Hall–Kier alpha value is -3.12. The van der Waals surface area contributed by atoms with E-state index in [-0.39, 0.29) is 5.91 Å². The SMILES string of the molecule is CCCNC(=O)c1ccc(Cn2c(SCc3ccccc3C)nc3ccncc32)cc1. The Labute approximate surface area is 186 Å². The number of nitrogens with zero attached hydrogens (tertiary/aromatic N) is 3. The van der Waals surface area contributed by atoms with Crippen LogP contribution < -0.4 is 5.32 Å². The summed E-state index contributed by atoms with van der Waals surface area (Å²) in [5.74, 6) is 0.833. The van der Waals surface area contributed by atoms with Crippen LogP contribution in [-0.2, 0) is 12.3 Å². The molecule has 4 aromatic rings. The molecule has 0 radical (unpaired) electrons. The van der Waals surface area contributed by atoms with E-state index >= 15 is 0 Å². The summed E-state index contributed by atoms with van der Waals surface area (Å²) in [6.07, 6.45) is 4.57. The quantitative estimate of drug-likeness (QED) is 0.389. The number of fused-ring (bicyclic) bond motifs is 1. The lowest BCUT2D eigenvalue weighted by Crippen LogP contribution is -2.23. The first kappa shape index (κ1) is 21.1. The predicted octanol–water partition coefficient (Wildman–Crippen LogP) is 5.22. The van der Waals surface area contributed by atoms with Gasteiger partial charge in [-0.1, -0.05) is 55.1 Å². The molecule has 0 saturated carbocycles. The normalized spacial score (nSPS) is 11.0. The van der Waals surface area contributed by atoms with E-state index in [1.165, 1.54) is 11.1 Å². The predicted molar refractivity (Wildman–Crippen MR) is 126 cm³/mol. The Bertz CT molecular complexity index is 1180. The van der Waals surface area contributed by atoms with Crippen LogP contribution in [0, 0.1) is 6.92 Å². The number of hydrogen-bond donors (Lipinski definition) is 1. The molecule has 6 heteroatoms. The molecular weight excluding hydrogens is 404 g/mol. The summed E-state index contributed by atoms with van der Waals surface area (Å²) in [4.78, 5) is 21.3. The van der Waals surface area contributed by atoms with Crippen LogP contribution in [0.4, 0.5) is 0 Å². The highest BCUT2D eigenvalue weighted by Crippen LogP contribution is 2.28. The maximum Gasteiger partial charge on any atom is 0.251 e. The van der Waals surface area contributed by atoms with Gasteiger partial charge in [0.15, 0.2) is 5.16 Å². The highest BCUT2D eigenvalue weighted by Gasteiger charge is 2.13. The Morgan fingerprint density at radius 3 is 2.68 bits per heavy atom. The number of aromatic nitrogens is 3. The number of thioether (sulfide) groups is 1. The van der Waals surface area contributed by atoms with Crippen LogP contribution in [0.2, 0.25) is 0 Å². The number of rotatable bonds is 8. The molecule has 0 atom stereocenters. The largest absolute Gasteiger partial charge is 0.352 e. The lowest BCUT2D eigenvalue weighted by molar-refractivity contribution is 0.0953. The molecule has 158 valence electrons. The number of hydrogen-bond acceptors (Lipinski definition) is 4. The van der Waals surface area contributed by atoms with E-state index in [1.54, 1.807) is 18.0 Å². The second-order valence-corrected chi connectivity index (χ2v) is 8.46. The van der Waals surface area contributed by atoms with Gasteiger partial charge >= 0.3 is 0 Å². The van der Waals surface area contributed by atoms with Crippen molar-refractivity contribution in [1.82, 2.24) is 19.9 Å². The molecule has 0 saturated heterocycles. The highest BCUT2D eigenvalue weighted by molar-refractivity contribution is 7.98. The molecule has 2 aromatic carbocycles. The van der Waals surface area contributed by atoms with E-state index < -0.39 is 0 Å². The molecule has 0 spiro atoms. The summed E-state index contributed by atoms with van der Waals surface area (Å²) in [5, 5.41) is 3.89. The molecule has 1 amide bonds. The summed E-state index contributed by atoms with van der Waals surface area (Å²) < 4.78 is 2.21. The van der Waals surface area contributed by atoms with Gasteiger partial charge in [-0.05, 0) is 48.2 Å². The first-order chi connectivity index (χ1) is 15.2. The van der Waals surface area contributed by atoms with E-state index in [0.29, 0.717) is 18.7 Å². The van der Waals surface area contributed by atoms with Crippen LogP contribution in [0.25, 0.3) is 11.0 Å². The van der Waals surface area contributed by atoms with Crippen molar-refractivity contribution < 1.29 is 4.79 Å². The van der Waals surface area contributed by atoms with Gasteiger partial charge in [-0.2, -0.15) is 0 Å². The summed E-state index contributed by atoms with van der Waals surface area (Å²) in [6.45, 7) is 5.55. The van der Waals surface area contributed by atoms with Gasteiger partial charge in [0.05, 0.1) is 23.8 Å². The Morgan fingerprint density at radius 1 is 1.10 bits per heavy atom. The van der Waals surface area contributed by atoms with Crippen LogP contribution in [-0.4, -0.2) is 27.0 Å². The van der Waals surface area contributed by atoms with Crippen LogP contribution >= 0.6 is 11.8 Å². The third-order valence-electron chi connectivity index (χ3n) is 5.23. The highest BCUT2D eigenvalue weighted by atomic mass is 32.2. The smallest absolute Gasteiger partial charge is 0.251 e. The number of carbonyl (C=O) groups excluding carboxylic acids is 1. The maximum absolute atomic E-state index is 12.2. The van der Waals surface area contributed by atoms with Crippen molar-refractivity contribution >= 4 is 28.7 Å². The minimum absolute atomic E-state index is 0.0276. The van der Waals surface area contributed by atoms with Crippen molar-refractivity contribution in [2.75, 3.05) is 6.54 Å². The number of aryl methyl sites for hydroxylation is 1. The second kappa shape index (κ2) is 9.79. The number of carbonyl (C=O) groups is 1. The number of benzene rings is 2. The van der Waals surface area contributed by atoms with Crippen molar-refractivity contribution in [2.24, 2.45) is 0 Å². The maximum atomic E-state index is 12.2. The zero-order valence-electron chi connectivity index (χ0n) is 17.8. The van der Waals surface area contributed by atoms with Gasteiger partial charge in [-0.25, -0.2) is 4.98 Å². The van der Waals surface area contributed by atoms with Crippen molar-refractivity contribution in [2.45, 2.75) is 37.7 Å². The van der Waals surface area contributed by atoms with E-state index in [9.17, 15) is 4.79 Å². The van der Waals surface area contributed by atoms with Gasteiger partial charge in [0, 0.05) is 24.1 Å². The topological polar surface area (TPSA) is 59.8 Å². The fraction of sp³-hybridized carbons (Fsp3) is 0.240. The standard InChI is InChI=1S/C25H26N4OS/c1-3-13-27-24(30)20-10-8-19(9-11-20)16-29-23-15-26-14-12-22(23)28-25(29)31-17-21-7-5-4-6-18(21)2/h4-12,14-15H,3,13,16-17H2,1-2H3,(H,27,30). The van der Waals surface area contributed by atoms with E-state index in [0.717, 1.165) is 33.9 Å². The summed E-state index contributed by atoms with van der Waals surface area (Å²) >= 11 is 1.74. The molecule has 0 aliphatic heterocycles. The Balaban J connectivity index is 1.57. The van der Waals surface area contributed by atoms with Crippen LogP contribution in [0.5, 0.6) is 0 Å². The molecule has 0 aliphatic carbocycles. The first-order valence-electron chi connectivity index (χ1n) is 10.5. The fourth-order valence-corrected chi connectivity index (χ4v) is 4.50. The molecule has 1 N–H and O–H groups in total. The van der Waals surface area contributed by atoms with Gasteiger partial charge in [-0.15, -0.1) is 0 Å². The zero-order valence-corrected chi connectivity index (χ0v) is 18.7. The van der Waals surface area contributed by atoms with Crippen LogP contribution in [0.1, 0.15) is 40.4 Å². The average Bonchev–Trinajstić information content (AvgIpc) is 3.14. The minimum atomic E-state index is -0.0276. The lowest BCUT2D eigenvalue weighted by atomic mass is 10.1. The molecule has 31 heavy (non-hydrogen) atoms. The fourth-order valence-electron chi connectivity index (χ4n) is 3.41. The van der Waals surface area contributed by atoms with Crippen LogP contribution in [0.15, 0.2) is 72.1 Å². The zero-order chi connectivity index (χ0) is 21.6.